The molecule has 6 nitrogen and oxygen atoms in total. The summed E-state index contributed by atoms with van der Waals surface area (Å²) in [4.78, 5) is 4.60. The van der Waals surface area contributed by atoms with Crippen LogP contribution in [-0.2, 0) is 7.05 Å². The van der Waals surface area contributed by atoms with Crippen molar-refractivity contribution in [2.45, 2.75) is 31.7 Å². The zero-order valence-electron chi connectivity index (χ0n) is 13.0. The Hall–Kier alpha value is -2.21. The molecule has 2 aromatic heterocycles. The standard InChI is InChI=1S/C16H19N5O/c1-16(2)7-12(8-17-16)15-19-14(20-22-15)10-4-5-11-9-18-21(3)13(11)6-10/h4-6,9,12,17H,7-8H2,1-3H3. The van der Waals surface area contributed by atoms with Gasteiger partial charge in [0.05, 0.1) is 17.6 Å². The fourth-order valence-corrected chi connectivity index (χ4v) is 3.14. The molecular weight excluding hydrogens is 278 g/mol. The summed E-state index contributed by atoms with van der Waals surface area (Å²) < 4.78 is 7.35. The molecule has 1 aromatic carbocycles. The molecule has 0 spiro atoms. The van der Waals surface area contributed by atoms with Crippen LogP contribution in [0.1, 0.15) is 32.1 Å². The van der Waals surface area contributed by atoms with Crippen LogP contribution in [-0.4, -0.2) is 32.0 Å². The second kappa shape index (κ2) is 4.64. The van der Waals surface area contributed by atoms with Crippen LogP contribution < -0.4 is 5.32 Å². The maximum atomic E-state index is 5.50. The topological polar surface area (TPSA) is 68.8 Å². The SMILES string of the molecule is Cn1ncc2ccc(-c3noc(C4CNC(C)(C)C4)n3)cc21. The van der Waals surface area contributed by atoms with E-state index in [1.807, 2.05) is 36.1 Å². The number of benzene rings is 1. The third-order valence-electron chi connectivity index (χ3n) is 4.38. The monoisotopic (exact) mass is 297 g/mol. The van der Waals surface area contributed by atoms with Gasteiger partial charge in [-0.3, -0.25) is 4.68 Å². The highest BCUT2D eigenvalue weighted by Crippen LogP contribution is 2.31. The molecule has 3 heterocycles. The molecule has 0 aliphatic carbocycles. The molecule has 1 fully saturated rings. The van der Waals surface area contributed by atoms with E-state index in [-0.39, 0.29) is 11.5 Å². The molecule has 114 valence electrons. The fourth-order valence-electron chi connectivity index (χ4n) is 3.14. The summed E-state index contributed by atoms with van der Waals surface area (Å²) in [7, 11) is 1.93. The Morgan fingerprint density at radius 3 is 3.00 bits per heavy atom. The quantitative estimate of drug-likeness (QED) is 0.787. The van der Waals surface area contributed by atoms with Crippen LogP contribution in [0.2, 0.25) is 0 Å². The summed E-state index contributed by atoms with van der Waals surface area (Å²) in [6.45, 7) is 5.27. The van der Waals surface area contributed by atoms with Gasteiger partial charge in [0, 0.05) is 30.1 Å². The third kappa shape index (κ3) is 2.20. The number of aryl methyl sites for hydroxylation is 1. The highest BCUT2D eigenvalue weighted by molar-refractivity contribution is 5.83. The Balaban J connectivity index is 1.66. The largest absolute Gasteiger partial charge is 0.339 e. The van der Waals surface area contributed by atoms with Crippen molar-refractivity contribution in [1.29, 1.82) is 0 Å². The van der Waals surface area contributed by atoms with Crippen molar-refractivity contribution in [3.8, 4) is 11.4 Å². The van der Waals surface area contributed by atoms with Gasteiger partial charge in [-0.1, -0.05) is 17.3 Å². The summed E-state index contributed by atoms with van der Waals surface area (Å²) in [5.74, 6) is 1.65. The van der Waals surface area contributed by atoms with E-state index in [4.69, 9.17) is 4.52 Å². The second-order valence-electron chi connectivity index (χ2n) is 6.66. The van der Waals surface area contributed by atoms with E-state index in [2.05, 4.69) is 34.4 Å². The normalized spacial score (nSPS) is 20.8. The smallest absolute Gasteiger partial charge is 0.231 e. The maximum Gasteiger partial charge on any atom is 0.231 e. The maximum absolute atomic E-state index is 5.50. The number of nitrogens with one attached hydrogen (secondary N) is 1. The highest BCUT2D eigenvalue weighted by atomic mass is 16.5. The zero-order chi connectivity index (χ0) is 15.3. The number of hydrogen-bond donors (Lipinski definition) is 1. The second-order valence-corrected chi connectivity index (χ2v) is 6.66. The van der Waals surface area contributed by atoms with Crippen LogP contribution >= 0.6 is 0 Å². The average Bonchev–Trinajstić information content (AvgIpc) is 3.18. The molecule has 1 aliphatic rings. The van der Waals surface area contributed by atoms with Crippen molar-refractivity contribution in [2.75, 3.05) is 6.54 Å². The first kappa shape index (κ1) is 13.5. The van der Waals surface area contributed by atoms with E-state index in [1.165, 1.54) is 0 Å². The van der Waals surface area contributed by atoms with E-state index in [0.717, 1.165) is 35.3 Å². The van der Waals surface area contributed by atoms with Gasteiger partial charge in [0.15, 0.2) is 0 Å². The lowest BCUT2D eigenvalue weighted by Crippen LogP contribution is -2.31. The Bertz CT molecular complexity index is 832. The van der Waals surface area contributed by atoms with Gasteiger partial charge < -0.3 is 9.84 Å². The van der Waals surface area contributed by atoms with E-state index in [9.17, 15) is 0 Å². The van der Waals surface area contributed by atoms with Gasteiger partial charge in [-0.05, 0) is 26.3 Å². The molecule has 1 aliphatic heterocycles. The van der Waals surface area contributed by atoms with Crippen LogP contribution in [0.3, 0.4) is 0 Å². The minimum atomic E-state index is 0.132. The lowest BCUT2D eigenvalue weighted by atomic mass is 9.97. The number of hydrogen-bond acceptors (Lipinski definition) is 5. The van der Waals surface area contributed by atoms with E-state index < -0.39 is 0 Å². The molecule has 6 heteroatoms. The fraction of sp³-hybridized carbons (Fsp3) is 0.438. The van der Waals surface area contributed by atoms with Crippen LogP contribution in [0.15, 0.2) is 28.9 Å². The molecule has 1 saturated heterocycles. The van der Waals surface area contributed by atoms with E-state index in [0.29, 0.717) is 5.82 Å². The Labute approximate surface area is 128 Å². The van der Waals surface area contributed by atoms with Crippen LogP contribution in [0.4, 0.5) is 0 Å². The highest BCUT2D eigenvalue weighted by Gasteiger charge is 2.34. The van der Waals surface area contributed by atoms with Gasteiger partial charge in [-0.25, -0.2) is 0 Å². The van der Waals surface area contributed by atoms with Crippen molar-refractivity contribution >= 4 is 10.9 Å². The predicted octanol–water partition coefficient (Wildman–Crippen LogP) is 2.48. The van der Waals surface area contributed by atoms with Crippen molar-refractivity contribution in [1.82, 2.24) is 25.2 Å². The molecule has 4 rings (SSSR count). The van der Waals surface area contributed by atoms with Gasteiger partial charge in [0.1, 0.15) is 0 Å². The van der Waals surface area contributed by atoms with E-state index in [1.54, 1.807) is 0 Å². The molecule has 1 atom stereocenters. The van der Waals surface area contributed by atoms with Gasteiger partial charge in [-0.15, -0.1) is 0 Å². The lowest BCUT2D eigenvalue weighted by molar-refractivity contribution is 0.353. The van der Waals surface area contributed by atoms with Crippen molar-refractivity contribution in [2.24, 2.45) is 7.05 Å². The third-order valence-corrected chi connectivity index (χ3v) is 4.38. The molecule has 0 radical (unpaired) electrons. The first-order valence-electron chi connectivity index (χ1n) is 7.53. The van der Waals surface area contributed by atoms with Crippen LogP contribution in [0.5, 0.6) is 0 Å². The number of rotatable bonds is 2. The van der Waals surface area contributed by atoms with E-state index >= 15 is 0 Å². The number of nitrogens with zero attached hydrogens (tertiary/aromatic N) is 4. The van der Waals surface area contributed by atoms with Gasteiger partial charge >= 0.3 is 0 Å². The molecule has 0 saturated carbocycles. The molecule has 0 bridgehead atoms. The summed E-state index contributed by atoms with van der Waals surface area (Å²) in [5.41, 5.74) is 2.15. The number of aromatic nitrogens is 4. The molecule has 1 N–H and O–H groups in total. The Kier molecular flexibility index (Phi) is 2.84. The Morgan fingerprint density at radius 1 is 1.36 bits per heavy atom. The first-order valence-corrected chi connectivity index (χ1v) is 7.53. The van der Waals surface area contributed by atoms with Crippen molar-refractivity contribution in [3.05, 3.63) is 30.3 Å². The minimum absolute atomic E-state index is 0.132. The molecule has 22 heavy (non-hydrogen) atoms. The number of fused-ring (bicyclic) bond motifs is 1. The minimum Gasteiger partial charge on any atom is -0.339 e. The summed E-state index contributed by atoms with van der Waals surface area (Å²) in [6.07, 6.45) is 2.86. The molecule has 1 unspecified atom stereocenters. The lowest BCUT2D eigenvalue weighted by Gasteiger charge is -2.16. The zero-order valence-corrected chi connectivity index (χ0v) is 13.0. The van der Waals surface area contributed by atoms with Crippen LogP contribution in [0, 0.1) is 0 Å². The molecule has 0 amide bonds. The summed E-state index contributed by atoms with van der Waals surface area (Å²) in [6, 6.07) is 6.09. The van der Waals surface area contributed by atoms with Gasteiger partial charge in [0.25, 0.3) is 0 Å². The first-order chi connectivity index (χ1) is 10.5. The molecule has 3 aromatic rings. The van der Waals surface area contributed by atoms with Gasteiger partial charge in [0.2, 0.25) is 11.7 Å². The predicted molar refractivity (Wildman–Crippen MR) is 83.4 cm³/mol. The Morgan fingerprint density at radius 2 is 2.23 bits per heavy atom. The van der Waals surface area contributed by atoms with Crippen molar-refractivity contribution < 1.29 is 4.52 Å². The summed E-state index contributed by atoms with van der Waals surface area (Å²) in [5, 5.41) is 13.0. The van der Waals surface area contributed by atoms with Gasteiger partial charge in [-0.2, -0.15) is 10.1 Å². The van der Waals surface area contributed by atoms with Crippen molar-refractivity contribution in [3.63, 3.8) is 0 Å². The molecular formula is C16H19N5O. The van der Waals surface area contributed by atoms with Crippen LogP contribution in [0.25, 0.3) is 22.3 Å². The summed E-state index contributed by atoms with van der Waals surface area (Å²) >= 11 is 0. The average molecular weight is 297 g/mol.